The number of benzene rings is 2. The predicted octanol–water partition coefficient (Wildman–Crippen LogP) is 2.85. The molecule has 0 aromatic heterocycles. The molecular formula is C22H26ClN3O2. The van der Waals surface area contributed by atoms with Gasteiger partial charge in [-0.3, -0.25) is 9.59 Å². The molecule has 0 saturated carbocycles. The van der Waals surface area contributed by atoms with Crippen LogP contribution in [0, 0.1) is 0 Å². The van der Waals surface area contributed by atoms with Gasteiger partial charge in [-0.05, 0) is 36.6 Å². The lowest BCUT2D eigenvalue weighted by Gasteiger charge is -2.30. The van der Waals surface area contributed by atoms with Crippen LogP contribution >= 0.6 is 11.6 Å². The van der Waals surface area contributed by atoms with Gasteiger partial charge in [0.2, 0.25) is 5.91 Å². The van der Waals surface area contributed by atoms with E-state index in [-0.39, 0.29) is 18.4 Å². The number of rotatable bonds is 7. The van der Waals surface area contributed by atoms with E-state index in [9.17, 15) is 9.59 Å². The molecule has 1 heterocycles. The number of amides is 2. The third kappa shape index (κ3) is 5.81. The van der Waals surface area contributed by atoms with Crippen LogP contribution in [0.4, 0.5) is 0 Å². The molecule has 0 spiro atoms. The van der Waals surface area contributed by atoms with Crippen molar-refractivity contribution < 1.29 is 9.59 Å². The zero-order chi connectivity index (χ0) is 19.8. The normalized spacial score (nSPS) is 14.0. The molecule has 2 amide bonds. The van der Waals surface area contributed by atoms with E-state index in [1.54, 1.807) is 29.2 Å². The highest BCUT2D eigenvalue weighted by atomic mass is 35.5. The fourth-order valence-electron chi connectivity index (χ4n) is 3.35. The van der Waals surface area contributed by atoms with E-state index < -0.39 is 0 Å². The first-order valence-corrected chi connectivity index (χ1v) is 10.1. The van der Waals surface area contributed by atoms with Gasteiger partial charge >= 0.3 is 0 Å². The van der Waals surface area contributed by atoms with Crippen LogP contribution in [-0.2, 0) is 11.2 Å². The van der Waals surface area contributed by atoms with Crippen molar-refractivity contribution in [2.75, 3.05) is 39.3 Å². The van der Waals surface area contributed by atoms with Gasteiger partial charge in [-0.2, -0.15) is 0 Å². The molecule has 2 aromatic rings. The number of hydrogen-bond donors (Lipinski definition) is 1. The molecule has 1 saturated heterocycles. The van der Waals surface area contributed by atoms with Crippen molar-refractivity contribution in [2.45, 2.75) is 12.8 Å². The van der Waals surface area contributed by atoms with E-state index in [0.29, 0.717) is 30.2 Å². The van der Waals surface area contributed by atoms with Crippen molar-refractivity contribution in [1.29, 1.82) is 0 Å². The Morgan fingerprint density at radius 1 is 1.04 bits per heavy atom. The van der Waals surface area contributed by atoms with Crippen LogP contribution in [0.15, 0.2) is 54.6 Å². The van der Waals surface area contributed by atoms with Gasteiger partial charge in [0.1, 0.15) is 6.54 Å². The third-order valence-electron chi connectivity index (χ3n) is 4.89. The summed E-state index contributed by atoms with van der Waals surface area (Å²) < 4.78 is 0. The van der Waals surface area contributed by atoms with Crippen LogP contribution in [0.25, 0.3) is 0 Å². The Kier molecular flexibility index (Phi) is 7.46. The number of carbonyl (C=O) groups excluding carboxylic acids is 2. The molecule has 0 aliphatic carbocycles. The SMILES string of the molecule is O=C(CN(CCCc1ccccc1)C(=O)c1cccc(Cl)c1)N1CCNCC1. The average molecular weight is 400 g/mol. The van der Waals surface area contributed by atoms with Crippen LogP contribution < -0.4 is 5.32 Å². The Bertz CT molecular complexity index is 791. The summed E-state index contributed by atoms with van der Waals surface area (Å²) in [6, 6.07) is 17.1. The lowest BCUT2D eigenvalue weighted by Crippen LogP contribution is -2.50. The van der Waals surface area contributed by atoms with Crippen molar-refractivity contribution in [3.8, 4) is 0 Å². The van der Waals surface area contributed by atoms with Crippen molar-refractivity contribution in [1.82, 2.24) is 15.1 Å². The molecule has 148 valence electrons. The van der Waals surface area contributed by atoms with Gasteiger partial charge in [-0.25, -0.2) is 0 Å². The summed E-state index contributed by atoms with van der Waals surface area (Å²) in [5.41, 5.74) is 1.74. The zero-order valence-electron chi connectivity index (χ0n) is 15.9. The maximum atomic E-state index is 13.0. The van der Waals surface area contributed by atoms with Crippen molar-refractivity contribution in [2.24, 2.45) is 0 Å². The summed E-state index contributed by atoms with van der Waals surface area (Å²) in [4.78, 5) is 29.2. The summed E-state index contributed by atoms with van der Waals surface area (Å²) in [5, 5.41) is 3.76. The smallest absolute Gasteiger partial charge is 0.254 e. The molecule has 0 atom stereocenters. The molecule has 0 bridgehead atoms. The highest BCUT2D eigenvalue weighted by Crippen LogP contribution is 2.14. The van der Waals surface area contributed by atoms with Crippen LogP contribution in [0.3, 0.4) is 0 Å². The fraction of sp³-hybridized carbons (Fsp3) is 0.364. The van der Waals surface area contributed by atoms with Gasteiger partial charge in [-0.1, -0.05) is 48.0 Å². The minimum atomic E-state index is -0.154. The molecule has 1 aliphatic heterocycles. The van der Waals surface area contributed by atoms with E-state index in [2.05, 4.69) is 17.4 Å². The quantitative estimate of drug-likeness (QED) is 0.778. The van der Waals surface area contributed by atoms with Gasteiger partial charge in [0.05, 0.1) is 0 Å². The van der Waals surface area contributed by atoms with Crippen molar-refractivity contribution in [3.05, 3.63) is 70.7 Å². The maximum Gasteiger partial charge on any atom is 0.254 e. The monoisotopic (exact) mass is 399 g/mol. The summed E-state index contributed by atoms with van der Waals surface area (Å²) in [6.07, 6.45) is 1.66. The lowest BCUT2D eigenvalue weighted by atomic mass is 10.1. The van der Waals surface area contributed by atoms with Gasteiger partial charge in [0, 0.05) is 43.3 Å². The number of halogens is 1. The van der Waals surface area contributed by atoms with Crippen LogP contribution in [-0.4, -0.2) is 60.9 Å². The average Bonchev–Trinajstić information content (AvgIpc) is 2.74. The number of hydrogen-bond acceptors (Lipinski definition) is 3. The Morgan fingerprint density at radius 2 is 1.79 bits per heavy atom. The Morgan fingerprint density at radius 3 is 2.50 bits per heavy atom. The Balaban J connectivity index is 1.67. The van der Waals surface area contributed by atoms with E-state index in [1.807, 2.05) is 23.1 Å². The molecule has 1 aliphatic rings. The molecule has 0 unspecified atom stereocenters. The number of aryl methyl sites for hydroxylation is 1. The number of piperazine rings is 1. The van der Waals surface area contributed by atoms with Crippen LogP contribution in [0.2, 0.25) is 5.02 Å². The molecule has 1 fully saturated rings. The van der Waals surface area contributed by atoms with Crippen molar-refractivity contribution >= 4 is 23.4 Å². The van der Waals surface area contributed by atoms with E-state index in [1.165, 1.54) is 5.56 Å². The second-order valence-electron chi connectivity index (χ2n) is 6.96. The highest BCUT2D eigenvalue weighted by Gasteiger charge is 2.23. The summed E-state index contributed by atoms with van der Waals surface area (Å²) in [5.74, 6) is -0.157. The molecule has 5 nitrogen and oxygen atoms in total. The molecule has 0 radical (unpaired) electrons. The topological polar surface area (TPSA) is 52.7 Å². The van der Waals surface area contributed by atoms with Crippen molar-refractivity contribution in [3.63, 3.8) is 0 Å². The summed E-state index contributed by atoms with van der Waals surface area (Å²) >= 11 is 6.05. The number of nitrogens with zero attached hydrogens (tertiary/aromatic N) is 2. The summed E-state index contributed by atoms with van der Waals surface area (Å²) in [7, 11) is 0. The first kappa shape index (κ1) is 20.4. The van der Waals surface area contributed by atoms with E-state index in [0.717, 1.165) is 25.9 Å². The Hall–Kier alpha value is -2.37. The first-order valence-electron chi connectivity index (χ1n) is 9.71. The fourth-order valence-corrected chi connectivity index (χ4v) is 3.54. The predicted molar refractivity (Wildman–Crippen MR) is 112 cm³/mol. The molecular weight excluding hydrogens is 374 g/mol. The zero-order valence-corrected chi connectivity index (χ0v) is 16.7. The van der Waals surface area contributed by atoms with Crippen LogP contribution in [0.1, 0.15) is 22.3 Å². The van der Waals surface area contributed by atoms with Gasteiger partial charge in [-0.15, -0.1) is 0 Å². The van der Waals surface area contributed by atoms with Crippen LogP contribution in [0.5, 0.6) is 0 Å². The molecule has 1 N–H and O–H groups in total. The van der Waals surface area contributed by atoms with Gasteiger partial charge in [0.25, 0.3) is 5.91 Å². The molecule has 2 aromatic carbocycles. The minimum absolute atomic E-state index is 0.00316. The van der Waals surface area contributed by atoms with Gasteiger partial charge in [0.15, 0.2) is 0 Å². The second kappa shape index (κ2) is 10.2. The number of nitrogens with one attached hydrogen (secondary N) is 1. The third-order valence-corrected chi connectivity index (χ3v) is 5.13. The molecule has 6 heteroatoms. The van der Waals surface area contributed by atoms with E-state index >= 15 is 0 Å². The molecule has 28 heavy (non-hydrogen) atoms. The maximum absolute atomic E-state index is 13.0. The standard InChI is InChI=1S/C22H26ClN3O2/c23-20-10-4-9-19(16-20)22(28)26(13-5-8-18-6-2-1-3-7-18)17-21(27)25-14-11-24-12-15-25/h1-4,6-7,9-10,16,24H,5,8,11-15,17H2. The summed E-state index contributed by atoms with van der Waals surface area (Å²) in [6.45, 7) is 3.58. The largest absolute Gasteiger partial charge is 0.339 e. The molecule has 3 rings (SSSR count). The highest BCUT2D eigenvalue weighted by molar-refractivity contribution is 6.30. The Labute approximate surface area is 171 Å². The first-order chi connectivity index (χ1) is 13.6. The lowest BCUT2D eigenvalue weighted by molar-refractivity contribution is -0.132. The number of carbonyl (C=O) groups is 2. The van der Waals surface area contributed by atoms with Gasteiger partial charge < -0.3 is 15.1 Å². The minimum Gasteiger partial charge on any atom is -0.339 e. The second-order valence-corrected chi connectivity index (χ2v) is 7.39. The van der Waals surface area contributed by atoms with E-state index in [4.69, 9.17) is 11.6 Å².